The molecular weight excluding hydrogens is 316 g/mol. The van der Waals surface area contributed by atoms with Crippen LogP contribution < -0.4 is 5.32 Å². The third-order valence-electron chi connectivity index (χ3n) is 3.65. The number of para-hydroxylation sites is 2. The van der Waals surface area contributed by atoms with Crippen molar-refractivity contribution in [1.82, 2.24) is 9.55 Å². The van der Waals surface area contributed by atoms with Gasteiger partial charge in [0.25, 0.3) is 5.69 Å². The molecule has 1 N–H and O–H groups in total. The first-order chi connectivity index (χ1) is 11.1. The molecule has 0 spiro atoms. The Bertz CT molecular complexity index is 876. The van der Waals surface area contributed by atoms with Crippen molar-refractivity contribution in [2.45, 2.75) is 13.5 Å². The number of imidazole rings is 1. The molecule has 0 atom stereocenters. The molecule has 0 fully saturated rings. The van der Waals surface area contributed by atoms with E-state index in [-0.39, 0.29) is 5.69 Å². The molecule has 1 heterocycles. The van der Waals surface area contributed by atoms with Gasteiger partial charge in [-0.2, -0.15) is 0 Å². The second kappa shape index (κ2) is 6.26. The van der Waals surface area contributed by atoms with Crippen molar-refractivity contribution in [2.24, 2.45) is 0 Å². The number of benzene rings is 2. The molecule has 0 amide bonds. The van der Waals surface area contributed by atoms with Gasteiger partial charge in [0, 0.05) is 24.2 Å². The Labute approximate surface area is 137 Å². The van der Waals surface area contributed by atoms with Crippen LogP contribution in [0.4, 0.5) is 11.4 Å². The fraction of sp³-hybridized carbons (Fsp3) is 0.188. The zero-order chi connectivity index (χ0) is 16.4. The van der Waals surface area contributed by atoms with Gasteiger partial charge in [0.2, 0.25) is 0 Å². The number of nitro benzene ring substituents is 1. The van der Waals surface area contributed by atoms with Crippen LogP contribution in [-0.2, 0) is 6.54 Å². The van der Waals surface area contributed by atoms with E-state index in [1.165, 1.54) is 6.07 Å². The number of nitrogens with one attached hydrogen (secondary N) is 1. The Morgan fingerprint density at radius 3 is 2.87 bits per heavy atom. The van der Waals surface area contributed by atoms with E-state index in [0.717, 1.165) is 16.9 Å². The summed E-state index contributed by atoms with van der Waals surface area (Å²) in [5, 5.41) is 14.5. The minimum Gasteiger partial charge on any atom is -0.378 e. The summed E-state index contributed by atoms with van der Waals surface area (Å²) in [6.07, 6.45) is 0. The van der Waals surface area contributed by atoms with E-state index in [1.54, 1.807) is 12.1 Å². The SMILES string of the molecule is Cc1nc2ccccc2n1CCNc1ccc(Cl)cc1[N+](=O)[O-]. The van der Waals surface area contributed by atoms with Crippen LogP contribution in [-0.4, -0.2) is 21.0 Å². The number of hydrogen-bond acceptors (Lipinski definition) is 4. The Morgan fingerprint density at radius 2 is 2.09 bits per heavy atom. The Balaban J connectivity index is 1.77. The molecule has 0 unspecified atom stereocenters. The quantitative estimate of drug-likeness (QED) is 0.566. The van der Waals surface area contributed by atoms with E-state index in [4.69, 9.17) is 11.6 Å². The summed E-state index contributed by atoms with van der Waals surface area (Å²) in [6, 6.07) is 12.5. The van der Waals surface area contributed by atoms with Crippen molar-refractivity contribution in [3.05, 3.63) is 63.4 Å². The van der Waals surface area contributed by atoms with Crippen LogP contribution in [0.2, 0.25) is 5.02 Å². The summed E-state index contributed by atoms with van der Waals surface area (Å²) in [6.45, 7) is 3.15. The van der Waals surface area contributed by atoms with Gasteiger partial charge in [-0.3, -0.25) is 10.1 Å². The number of rotatable bonds is 5. The van der Waals surface area contributed by atoms with Crippen LogP contribution >= 0.6 is 11.6 Å². The third kappa shape index (κ3) is 3.12. The summed E-state index contributed by atoms with van der Waals surface area (Å²) in [5.74, 6) is 0.915. The molecule has 7 heteroatoms. The first kappa shape index (κ1) is 15.3. The summed E-state index contributed by atoms with van der Waals surface area (Å²) in [4.78, 5) is 15.2. The van der Waals surface area contributed by atoms with Crippen LogP contribution in [0.5, 0.6) is 0 Å². The molecule has 3 rings (SSSR count). The van der Waals surface area contributed by atoms with Gasteiger partial charge in [0.05, 0.1) is 16.0 Å². The molecule has 0 aliphatic carbocycles. The molecule has 3 aromatic rings. The van der Waals surface area contributed by atoms with Gasteiger partial charge in [-0.1, -0.05) is 23.7 Å². The number of nitrogens with zero attached hydrogens (tertiary/aromatic N) is 3. The average Bonchev–Trinajstić information content (AvgIpc) is 2.84. The number of fused-ring (bicyclic) bond motifs is 1. The molecule has 0 saturated carbocycles. The highest BCUT2D eigenvalue weighted by Crippen LogP contribution is 2.27. The normalized spacial score (nSPS) is 10.9. The summed E-state index contributed by atoms with van der Waals surface area (Å²) < 4.78 is 2.09. The number of hydrogen-bond donors (Lipinski definition) is 1. The third-order valence-corrected chi connectivity index (χ3v) is 3.89. The predicted molar refractivity (Wildman–Crippen MR) is 91.1 cm³/mol. The first-order valence-corrected chi connectivity index (χ1v) is 7.54. The minimum atomic E-state index is -0.438. The van der Waals surface area contributed by atoms with E-state index >= 15 is 0 Å². The number of aryl methyl sites for hydroxylation is 1. The molecule has 0 aliphatic heterocycles. The van der Waals surface area contributed by atoms with Crippen molar-refractivity contribution < 1.29 is 4.92 Å². The number of nitro groups is 1. The van der Waals surface area contributed by atoms with Gasteiger partial charge in [-0.25, -0.2) is 4.98 Å². The summed E-state index contributed by atoms with van der Waals surface area (Å²) in [5.41, 5.74) is 2.44. The van der Waals surface area contributed by atoms with Crippen LogP contribution in [0.15, 0.2) is 42.5 Å². The van der Waals surface area contributed by atoms with Crippen molar-refractivity contribution >= 4 is 34.0 Å². The largest absolute Gasteiger partial charge is 0.378 e. The maximum absolute atomic E-state index is 11.1. The lowest BCUT2D eigenvalue weighted by Gasteiger charge is -2.10. The van der Waals surface area contributed by atoms with Crippen LogP contribution in [0.3, 0.4) is 0 Å². The molecule has 2 aromatic carbocycles. The van der Waals surface area contributed by atoms with Crippen molar-refractivity contribution in [3.63, 3.8) is 0 Å². The van der Waals surface area contributed by atoms with Crippen LogP contribution in [0.25, 0.3) is 11.0 Å². The van der Waals surface area contributed by atoms with E-state index in [1.807, 2.05) is 31.2 Å². The molecule has 6 nitrogen and oxygen atoms in total. The highest BCUT2D eigenvalue weighted by Gasteiger charge is 2.14. The number of anilines is 1. The molecule has 0 radical (unpaired) electrons. The molecule has 0 bridgehead atoms. The van der Waals surface area contributed by atoms with Gasteiger partial charge < -0.3 is 9.88 Å². The Morgan fingerprint density at radius 1 is 1.30 bits per heavy atom. The van der Waals surface area contributed by atoms with Gasteiger partial charge in [-0.05, 0) is 31.2 Å². The second-order valence-corrected chi connectivity index (χ2v) is 5.58. The second-order valence-electron chi connectivity index (χ2n) is 5.14. The molecule has 0 aliphatic rings. The molecule has 118 valence electrons. The summed E-state index contributed by atoms with van der Waals surface area (Å²) >= 11 is 5.82. The van der Waals surface area contributed by atoms with Gasteiger partial charge >= 0.3 is 0 Å². The van der Waals surface area contributed by atoms with Crippen LogP contribution in [0, 0.1) is 17.0 Å². The smallest absolute Gasteiger partial charge is 0.293 e. The van der Waals surface area contributed by atoms with Crippen LogP contribution in [0.1, 0.15) is 5.82 Å². The topological polar surface area (TPSA) is 73.0 Å². The Hall–Kier alpha value is -2.60. The zero-order valence-corrected chi connectivity index (χ0v) is 13.2. The minimum absolute atomic E-state index is 0.0234. The van der Waals surface area contributed by atoms with Crippen molar-refractivity contribution in [2.75, 3.05) is 11.9 Å². The maximum Gasteiger partial charge on any atom is 0.293 e. The lowest BCUT2D eigenvalue weighted by molar-refractivity contribution is -0.383. The summed E-state index contributed by atoms with van der Waals surface area (Å²) in [7, 11) is 0. The monoisotopic (exact) mass is 330 g/mol. The fourth-order valence-corrected chi connectivity index (χ4v) is 2.75. The van der Waals surface area contributed by atoms with Crippen molar-refractivity contribution in [3.8, 4) is 0 Å². The van der Waals surface area contributed by atoms with E-state index in [9.17, 15) is 10.1 Å². The lowest BCUT2D eigenvalue weighted by atomic mass is 10.2. The number of halogens is 1. The predicted octanol–water partition coefficient (Wildman–Crippen LogP) is 4.02. The highest BCUT2D eigenvalue weighted by atomic mass is 35.5. The zero-order valence-electron chi connectivity index (χ0n) is 12.5. The van der Waals surface area contributed by atoms with E-state index in [2.05, 4.69) is 14.9 Å². The van der Waals surface area contributed by atoms with Gasteiger partial charge in [-0.15, -0.1) is 0 Å². The van der Waals surface area contributed by atoms with Gasteiger partial charge in [0.15, 0.2) is 0 Å². The van der Waals surface area contributed by atoms with Gasteiger partial charge in [0.1, 0.15) is 11.5 Å². The fourth-order valence-electron chi connectivity index (χ4n) is 2.59. The number of aromatic nitrogens is 2. The molecule has 1 aromatic heterocycles. The standard InChI is InChI=1S/C16H15ClN4O2/c1-11-19-14-4-2-3-5-15(14)20(11)9-8-18-13-7-6-12(17)10-16(13)21(22)23/h2-7,10,18H,8-9H2,1H3. The molecule has 23 heavy (non-hydrogen) atoms. The van der Waals surface area contributed by atoms with Crippen molar-refractivity contribution in [1.29, 1.82) is 0 Å². The highest BCUT2D eigenvalue weighted by molar-refractivity contribution is 6.30. The maximum atomic E-state index is 11.1. The average molecular weight is 331 g/mol. The first-order valence-electron chi connectivity index (χ1n) is 7.16. The molecular formula is C16H15ClN4O2. The van der Waals surface area contributed by atoms with E-state index in [0.29, 0.717) is 23.8 Å². The van der Waals surface area contributed by atoms with E-state index < -0.39 is 4.92 Å². The lowest BCUT2D eigenvalue weighted by Crippen LogP contribution is -2.12. The molecule has 0 saturated heterocycles. The Kier molecular flexibility index (Phi) is 4.16.